The van der Waals surface area contributed by atoms with Crippen molar-refractivity contribution in [3.8, 4) is 0 Å². The van der Waals surface area contributed by atoms with Crippen LogP contribution in [0.4, 0.5) is 5.82 Å². The van der Waals surface area contributed by atoms with Gasteiger partial charge in [-0.15, -0.1) is 0 Å². The first-order valence-corrected chi connectivity index (χ1v) is 7.97. The summed E-state index contributed by atoms with van der Waals surface area (Å²) in [5.74, 6) is 2.17. The summed E-state index contributed by atoms with van der Waals surface area (Å²) in [5.41, 5.74) is 0.444. The van der Waals surface area contributed by atoms with Crippen molar-refractivity contribution < 1.29 is 4.79 Å². The van der Waals surface area contributed by atoms with Crippen molar-refractivity contribution >= 4 is 11.7 Å². The fourth-order valence-electron chi connectivity index (χ4n) is 2.71. The van der Waals surface area contributed by atoms with E-state index in [2.05, 4.69) is 36.1 Å². The number of carbonyl (C=O) groups is 1. The number of carbonyl (C=O) groups excluding carboxylic acids is 1. The minimum Gasteiger partial charge on any atom is -0.369 e. The molecule has 1 aromatic heterocycles. The Kier molecular flexibility index (Phi) is 5.53. The number of rotatable bonds is 5. The van der Waals surface area contributed by atoms with Crippen molar-refractivity contribution in [1.82, 2.24) is 14.9 Å². The monoisotopic (exact) mass is 290 g/mol. The third kappa shape index (κ3) is 4.16. The predicted molar refractivity (Wildman–Crippen MR) is 84.3 cm³/mol. The highest BCUT2D eigenvalue weighted by Crippen LogP contribution is 2.25. The van der Waals surface area contributed by atoms with Crippen molar-refractivity contribution in [1.29, 1.82) is 0 Å². The molecule has 21 heavy (non-hydrogen) atoms. The molecule has 5 nitrogen and oxygen atoms in total. The summed E-state index contributed by atoms with van der Waals surface area (Å²) in [6.07, 6.45) is 6.44. The third-order valence-corrected chi connectivity index (χ3v) is 4.20. The molecule has 1 saturated heterocycles. The van der Waals surface area contributed by atoms with Crippen molar-refractivity contribution in [2.24, 2.45) is 11.8 Å². The summed E-state index contributed by atoms with van der Waals surface area (Å²) >= 11 is 0. The molecule has 2 rings (SSSR count). The largest absolute Gasteiger partial charge is 0.369 e. The molecular formula is C16H26N4O. The first kappa shape index (κ1) is 15.7. The van der Waals surface area contributed by atoms with Gasteiger partial charge in [-0.3, -0.25) is 4.79 Å². The normalized spacial score (nSPS) is 16.3. The van der Waals surface area contributed by atoms with E-state index in [0.717, 1.165) is 50.6 Å². The molecule has 5 heteroatoms. The first-order valence-electron chi connectivity index (χ1n) is 7.97. The van der Waals surface area contributed by atoms with E-state index >= 15 is 0 Å². The Hall–Kier alpha value is -1.65. The molecule has 1 fully saturated rings. The van der Waals surface area contributed by atoms with E-state index in [9.17, 15) is 4.79 Å². The molecule has 1 aromatic rings. The van der Waals surface area contributed by atoms with Crippen LogP contribution in [0.5, 0.6) is 0 Å². The van der Waals surface area contributed by atoms with Gasteiger partial charge in [0.1, 0.15) is 11.5 Å². The molecule has 1 amide bonds. The van der Waals surface area contributed by atoms with Crippen LogP contribution in [0.25, 0.3) is 0 Å². The number of nitrogens with one attached hydrogen (secondary N) is 1. The number of hydrogen-bond donors (Lipinski definition) is 1. The second-order valence-electron chi connectivity index (χ2n) is 6.09. The highest BCUT2D eigenvalue weighted by Gasteiger charge is 2.25. The van der Waals surface area contributed by atoms with E-state index in [-0.39, 0.29) is 5.91 Å². The molecule has 1 aliphatic heterocycles. The zero-order valence-electron chi connectivity index (χ0n) is 13.3. The van der Waals surface area contributed by atoms with Gasteiger partial charge in [0.05, 0.1) is 12.4 Å². The van der Waals surface area contributed by atoms with Crippen LogP contribution in [0.15, 0.2) is 12.4 Å². The molecular weight excluding hydrogens is 264 g/mol. The molecule has 1 N–H and O–H groups in total. The van der Waals surface area contributed by atoms with Crippen LogP contribution in [-0.2, 0) is 0 Å². The Labute approximate surface area is 127 Å². The average Bonchev–Trinajstić information content (AvgIpc) is 2.53. The van der Waals surface area contributed by atoms with Gasteiger partial charge < -0.3 is 10.2 Å². The van der Waals surface area contributed by atoms with Crippen LogP contribution in [-0.4, -0.2) is 40.4 Å². The maximum Gasteiger partial charge on any atom is 0.274 e. The van der Waals surface area contributed by atoms with E-state index in [1.54, 1.807) is 12.4 Å². The summed E-state index contributed by atoms with van der Waals surface area (Å²) in [6, 6.07) is 0. The van der Waals surface area contributed by atoms with Crippen LogP contribution >= 0.6 is 0 Å². The number of hydrogen-bond acceptors (Lipinski definition) is 4. The number of anilines is 1. The van der Waals surface area contributed by atoms with Gasteiger partial charge in [0.2, 0.25) is 0 Å². The van der Waals surface area contributed by atoms with E-state index < -0.39 is 0 Å². The fraction of sp³-hybridized carbons (Fsp3) is 0.688. The van der Waals surface area contributed by atoms with Gasteiger partial charge in [-0.2, -0.15) is 0 Å². The third-order valence-electron chi connectivity index (χ3n) is 4.20. The Morgan fingerprint density at radius 3 is 2.57 bits per heavy atom. The highest BCUT2D eigenvalue weighted by molar-refractivity contribution is 5.92. The van der Waals surface area contributed by atoms with Crippen LogP contribution in [0.2, 0.25) is 0 Å². The second kappa shape index (κ2) is 7.38. The fourth-order valence-corrected chi connectivity index (χ4v) is 2.71. The van der Waals surface area contributed by atoms with E-state index in [1.807, 2.05) is 4.90 Å². The smallest absolute Gasteiger partial charge is 0.274 e. The SMILES string of the molecule is CCCNc1cnc(C(=O)N2CCC(C(C)C)CC2)cn1. The van der Waals surface area contributed by atoms with E-state index in [0.29, 0.717) is 11.6 Å². The predicted octanol–water partition coefficient (Wildman–Crippen LogP) is 2.81. The molecule has 0 saturated carbocycles. The molecule has 0 atom stereocenters. The summed E-state index contributed by atoms with van der Waals surface area (Å²) in [6.45, 7) is 9.15. The summed E-state index contributed by atoms with van der Waals surface area (Å²) < 4.78 is 0. The molecule has 2 heterocycles. The van der Waals surface area contributed by atoms with Crippen molar-refractivity contribution in [3.05, 3.63) is 18.1 Å². The van der Waals surface area contributed by atoms with Gasteiger partial charge in [-0.05, 0) is 31.1 Å². The Balaban J connectivity index is 1.91. The lowest BCUT2D eigenvalue weighted by Gasteiger charge is -2.33. The summed E-state index contributed by atoms with van der Waals surface area (Å²) in [5, 5.41) is 3.16. The van der Waals surface area contributed by atoms with Gasteiger partial charge in [0, 0.05) is 19.6 Å². The molecule has 0 radical (unpaired) electrons. The zero-order valence-corrected chi connectivity index (χ0v) is 13.3. The van der Waals surface area contributed by atoms with E-state index in [1.165, 1.54) is 0 Å². The maximum absolute atomic E-state index is 12.4. The number of nitrogens with zero attached hydrogens (tertiary/aromatic N) is 3. The zero-order chi connectivity index (χ0) is 15.2. The standard InChI is InChI=1S/C16H26N4O/c1-4-7-17-15-11-18-14(10-19-15)16(21)20-8-5-13(6-9-20)12(2)3/h10-13H,4-9H2,1-3H3,(H,17,19). The number of amides is 1. The summed E-state index contributed by atoms with van der Waals surface area (Å²) in [4.78, 5) is 22.8. The lowest BCUT2D eigenvalue weighted by Crippen LogP contribution is -2.39. The van der Waals surface area contributed by atoms with Gasteiger partial charge in [0.15, 0.2) is 0 Å². The molecule has 0 spiro atoms. The quantitative estimate of drug-likeness (QED) is 0.906. The molecule has 0 unspecified atom stereocenters. The molecule has 1 aliphatic rings. The maximum atomic E-state index is 12.4. The Bertz CT molecular complexity index is 450. The lowest BCUT2D eigenvalue weighted by molar-refractivity contribution is 0.0661. The number of aromatic nitrogens is 2. The highest BCUT2D eigenvalue weighted by atomic mass is 16.2. The molecule has 0 aromatic carbocycles. The van der Waals surface area contributed by atoms with Crippen molar-refractivity contribution in [3.63, 3.8) is 0 Å². The van der Waals surface area contributed by atoms with Gasteiger partial charge in [-0.1, -0.05) is 20.8 Å². The topological polar surface area (TPSA) is 58.1 Å². The summed E-state index contributed by atoms with van der Waals surface area (Å²) in [7, 11) is 0. The number of piperidine rings is 1. The van der Waals surface area contributed by atoms with Gasteiger partial charge >= 0.3 is 0 Å². The van der Waals surface area contributed by atoms with Crippen LogP contribution in [0.3, 0.4) is 0 Å². The Morgan fingerprint density at radius 2 is 2.05 bits per heavy atom. The lowest BCUT2D eigenvalue weighted by atomic mass is 9.86. The Morgan fingerprint density at radius 1 is 1.33 bits per heavy atom. The first-order chi connectivity index (χ1) is 10.1. The molecule has 0 bridgehead atoms. The average molecular weight is 290 g/mol. The minimum absolute atomic E-state index is 0.00625. The minimum atomic E-state index is 0.00625. The van der Waals surface area contributed by atoms with Crippen LogP contribution in [0.1, 0.15) is 50.5 Å². The second-order valence-corrected chi connectivity index (χ2v) is 6.09. The van der Waals surface area contributed by atoms with Crippen LogP contribution < -0.4 is 5.32 Å². The molecule has 116 valence electrons. The van der Waals surface area contributed by atoms with E-state index in [4.69, 9.17) is 0 Å². The van der Waals surface area contributed by atoms with Crippen molar-refractivity contribution in [2.75, 3.05) is 25.0 Å². The van der Waals surface area contributed by atoms with Crippen molar-refractivity contribution in [2.45, 2.75) is 40.0 Å². The van der Waals surface area contributed by atoms with Gasteiger partial charge in [-0.25, -0.2) is 9.97 Å². The van der Waals surface area contributed by atoms with Gasteiger partial charge in [0.25, 0.3) is 5.91 Å². The number of likely N-dealkylation sites (tertiary alicyclic amines) is 1. The van der Waals surface area contributed by atoms with Crippen LogP contribution in [0, 0.1) is 11.8 Å². The molecule has 0 aliphatic carbocycles.